The van der Waals surface area contributed by atoms with Gasteiger partial charge in [0.1, 0.15) is 0 Å². The summed E-state index contributed by atoms with van der Waals surface area (Å²) >= 11 is 0. The minimum absolute atomic E-state index is 0.128. The van der Waals surface area contributed by atoms with Crippen molar-refractivity contribution in [3.63, 3.8) is 0 Å². The minimum Gasteiger partial charge on any atom is -0.369 e. The number of nitro groups is 1. The molecule has 2 aliphatic rings. The van der Waals surface area contributed by atoms with E-state index in [1.165, 1.54) is 0 Å². The molecule has 1 aromatic carbocycles. The standard InChI is InChI=1S/C19H25N5O2/c1-2-21-9-11-22(12-10-21)15-6-8-23(14-15)18-3-4-19(24(25)26)17-13-20-7-5-16(17)18/h3-5,7,13,15H,2,6,8-12,14H2,1H3. The van der Waals surface area contributed by atoms with Crippen LogP contribution in [0.15, 0.2) is 30.6 Å². The lowest BCUT2D eigenvalue weighted by Crippen LogP contribution is -2.50. The molecule has 0 spiro atoms. The lowest BCUT2D eigenvalue weighted by atomic mass is 10.1. The minimum atomic E-state index is -0.326. The molecule has 2 aromatic rings. The smallest absolute Gasteiger partial charge is 0.278 e. The number of anilines is 1. The number of pyridine rings is 1. The van der Waals surface area contributed by atoms with Crippen LogP contribution >= 0.6 is 0 Å². The van der Waals surface area contributed by atoms with E-state index in [1.54, 1.807) is 18.5 Å². The molecule has 3 heterocycles. The molecule has 0 saturated carbocycles. The Morgan fingerprint density at radius 3 is 2.69 bits per heavy atom. The van der Waals surface area contributed by atoms with Crippen LogP contribution in [0.4, 0.5) is 11.4 Å². The van der Waals surface area contributed by atoms with Crippen LogP contribution in [0.1, 0.15) is 13.3 Å². The molecule has 7 nitrogen and oxygen atoms in total. The van der Waals surface area contributed by atoms with Gasteiger partial charge in [0.15, 0.2) is 0 Å². The molecule has 1 aromatic heterocycles. The highest BCUT2D eigenvalue weighted by molar-refractivity contribution is 5.99. The van der Waals surface area contributed by atoms with E-state index in [9.17, 15) is 10.1 Å². The van der Waals surface area contributed by atoms with E-state index in [0.29, 0.717) is 11.4 Å². The average Bonchev–Trinajstić information content (AvgIpc) is 3.17. The van der Waals surface area contributed by atoms with Crippen LogP contribution in [0.3, 0.4) is 0 Å². The molecule has 0 bridgehead atoms. The molecule has 0 aliphatic carbocycles. The van der Waals surface area contributed by atoms with Crippen LogP contribution in [0.25, 0.3) is 10.8 Å². The molecule has 2 saturated heterocycles. The van der Waals surface area contributed by atoms with Gasteiger partial charge in [0.25, 0.3) is 5.69 Å². The zero-order valence-corrected chi connectivity index (χ0v) is 15.2. The van der Waals surface area contributed by atoms with Gasteiger partial charge in [0, 0.05) is 74.8 Å². The second kappa shape index (κ2) is 7.17. The van der Waals surface area contributed by atoms with E-state index in [-0.39, 0.29) is 10.6 Å². The Bertz CT molecular complexity index is 804. The normalized spacial score (nSPS) is 22.2. The average molecular weight is 355 g/mol. The fourth-order valence-electron chi connectivity index (χ4n) is 4.30. The first-order valence-corrected chi connectivity index (χ1v) is 9.40. The summed E-state index contributed by atoms with van der Waals surface area (Å²) in [6, 6.07) is 5.98. The Morgan fingerprint density at radius 1 is 1.15 bits per heavy atom. The highest BCUT2D eigenvalue weighted by atomic mass is 16.6. The lowest BCUT2D eigenvalue weighted by Gasteiger charge is -2.37. The highest BCUT2D eigenvalue weighted by Gasteiger charge is 2.31. The van der Waals surface area contributed by atoms with Crippen LogP contribution in [0.2, 0.25) is 0 Å². The number of fused-ring (bicyclic) bond motifs is 1. The first-order chi connectivity index (χ1) is 12.7. The van der Waals surface area contributed by atoms with E-state index in [2.05, 4.69) is 26.6 Å². The number of nitro benzene ring substituents is 1. The summed E-state index contributed by atoms with van der Waals surface area (Å²) in [7, 11) is 0. The van der Waals surface area contributed by atoms with Gasteiger partial charge in [0.05, 0.1) is 10.3 Å². The van der Waals surface area contributed by atoms with E-state index in [1.807, 2.05) is 12.1 Å². The Hall–Kier alpha value is -2.25. The van der Waals surface area contributed by atoms with Crippen LogP contribution < -0.4 is 4.90 Å². The van der Waals surface area contributed by atoms with Crippen LogP contribution in [0, 0.1) is 10.1 Å². The van der Waals surface area contributed by atoms with Gasteiger partial charge >= 0.3 is 0 Å². The third kappa shape index (κ3) is 3.12. The second-order valence-corrected chi connectivity index (χ2v) is 7.14. The van der Waals surface area contributed by atoms with E-state index in [4.69, 9.17) is 0 Å². The quantitative estimate of drug-likeness (QED) is 0.620. The molecule has 7 heteroatoms. The molecule has 26 heavy (non-hydrogen) atoms. The van der Waals surface area contributed by atoms with Gasteiger partial charge in [-0.15, -0.1) is 0 Å². The van der Waals surface area contributed by atoms with Crippen LogP contribution in [-0.2, 0) is 0 Å². The zero-order valence-electron chi connectivity index (χ0n) is 15.2. The number of rotatable bonds is 4. The summed E-state index contributed by atoms with van der Waals surface area (Å²) in [4.78, 5) is 22.6. The molecule has 1 atom stereocenters. The summed E-state index contributed by atoms with van der Waals surface area (Å²) in [5, 5.41) is 12.9. The third-order valence-corrected chi connectivity index (χ3v) is 5.84. The Morgan fingerprint density at radius 2 is 1.96 bits per heavy atom. The number of benzene rings is 1. The number of aromatic nitrogens is 1. The van der Waals surface area contributed by atoms with Crippen molar-refractivity contribution in [3.05, 3.63) is 40.7 Å². The van der Waals surface area contributed by atoms with E-state index < -0.39 is 0 Å². The van der Waals surface area contributed by atoms with E-state index >= 15 is 0 Å². The summed E-state index contributed by atoms with van der Waals surface area (Å²) in [5.74, 6) is 0. The molecule has 2 fully saturated rings. The largest absolute Gasteiger partial charge is 0.369 e. The third-order valence-electron chi connectivity index (χ3n) is 5.84. The molecule has 0 radical (unpaired) electrons. The number of hydrogen-bond donors (Lipinski definition) is 0. The lowest BCUT2D eigenvalue weighted by molar-refractivity contribution is -0.383. The fraction of sp³-hybridized carbons (Fsp3) is 0.526. The molecule has 0 N–H and O–H groups in total. The Labute approximate surface area is 153 Å². The van der Waals surface area contributed by atoms with Gasteiger partial charge in [-0.3, -0.25) is 20.0 Å². The number of non-ortho nitro benzene ring substituents is 1. The summed E-state index contributed by atoms with van der Waals surface area (Å²) in [6.45, 7) is 9.91. The van der Waals surface area contributed by atoms with Crippen LogP contribution in [-0.4, -0.2) is 71.6 Å². The first-order valence-electron chi connectivity index (χ1n) is 9.40. The second-order valence-electron chi connectivity index (χ2n) is 7.14. The Balaban J connectivity index is 1.54. The Kier molecular flexibility index (Phi) is 4.74. The van der Waals surface area contributed by atoms with Crippen molar-refractivity contribution in [1.29, 1.82) is 0 Å². The van der Waals surface area contributed by atoms with Crippen molar-refractivity contribution in [2.75, 3.05) is 50.7 Å². The predicted molar refractivity (Wildman–Crippen MR) is 103 cm³/mol. The topological polar surface area (TPSA) is 65.8 Å². The summed E-state index contributed by atoms with van der Waals surface area (Å²) in [5.41, 5.74) is 1.21. The predicted octanol–water partition coefficient (Wildman–Crippen LogP) is 2.36. The number of hydrogen-bond acceptors (Lipinski definition) is 6. The number of piperazine rings is 1. The number of likely N-dealkylation sites (N-methyl/N-ethyl adjacent to an activating group) is 1. The molecule has 4 rings (SSSR count). The highest BCUT2D eigenvalue weighted by Crippen LogP contribution is 2.35. The SMILES string of the molecule is CCN1CCN(C2CCN(c3ccc([N+](=O)[O-])c4cnccc34)C2)CC1. The molecule has 2 aliphatic heterocycles. The monoisotopic (exact) mass is 355 g/mol. The fourth-order valence-corrected chi connectivity index (χ4v) is 4.30. The first kappa shape index (κ1) is 17.2. The van der Waals surface area contributed by atoms with Crippen molar-refractivity contribution in [2.24, 2.45) is 0 Å². The molecule has 0 amide bonds. The molecule has 1 unspecified atom stereocenters. The van der Waals surface area contributed by atoms with Crippen molar-refractivity contribution >= 4 is 22.1 Å². The molecule has 138 valence electrons. The summed E-state index contributed by atoms with van der Waals surface area (Å²) in [6.07, 6.45) is 4.47. The van der Waals surface area contributed by atoms with Gasteiger partial charge in [-0.2, -0.15) is 0 Å². The van der Waals surface area contributed by atoms with Gasteiger partial charge < -0.3 is 9.80 Å². The van der Waals surface area contributed by atoms with Crippen molar-refractivity contribution in [2.45, 2.75) is 19.4 Å². The molecular weight excluding hydrogens is 330 g/mol. The van der Waals surface area contributed by atoms with Gasteiger partial charge in [-0.25, -0.2) is 0 Å². The van der Waals surface area contributed by atoms with Crippen molar-refractivity contribution in [3.8, 4) is 0 Å². The summed E-state index contributed by atoms with van der Waals surface area (Å²) < 4.78 is 0. The number of nitrogens with zero attached hydrogens (tertiary/aromatic N) is 5. The molecular formula is C19H25N5O2. The van der Waals surface area contributed by atoms with Gasteiger partial charge in [-0.1, -0.05) is 6.92 Å². The zero-order chi connectivity index (χ0) is 18.1. The maximum atomic E-state index is 11.3. The van der Waals surface area contributed by atoms with Crippen molar-refractivity contribution < 1.29 is 4.92 Å². The van der Waals surface area contributed by atoms with Gasteiger partial charge in [0.2, 0.25) is 0 Å². The van der Waals surface area contributed by atoms with Crippen LogP contribution in [0.5, 0.6) is 0 Å². The van der Waals surface area contributed by atoms with E-state index in [0.717, 1.165) is 63.3 Å². The van der Waals surface area contributed by atoms with Gasteiger partial charge in [-0.05, 0) is 25.1 Å². The maximum Gasteiger partial charge on any atom is 0.278 e. The maximum absolute atomic E-state index is 11.3. The van der Waals surface area contributed by atoms with Crippen molar-refractivity contribution in [1.82, 2.24) is 14.8 Å².